The smallest absolute Gasteiger partial charge is 0.235 e. The fraction of sp³-hybridized carbons (Fsp3) is 0.619. The lowest BCUT2D eigenvalue weighted by molar-refractivity contribution is -0.400. The van der Waals surface area contributed by atoms with Crippen molar-refractivity contribution in [2.45, 2.75) is 71.1 Å². The molecule has 5 nitrogen and oxygen atoms in total. The minimum atomic E-state index is -0.484. The summed E-state index contributed by atoms with van der Waals surface area (Å²) in [6.07, 6.45) is 15.3. The number of benzene rings is 1. The van der Waals surface area contributed by atoms with E-state index in [4.69, 9.17) is 9.47 Å². The predicted molar refractivity (Wildman–Crippen MR) is 106 cm³/mol. The van der Waals surface area contributed by atoms with Gasteiger partial charge in [-0.1, -0.05) is 70.8 Å². The number of nitrogens with zero attached hydrogens (tertiary/aromatic N) is 1. The third-order valence-electron chi connectivity index (χ3n) is 4.33. The summed E-state index contributed by atoms with van der Waals surface area (Å²) in [4.78, 5) is 9.90. The number of unbranched alkanes of at least 4 members (excludes halogenated alkanes) is 9. The standard InChI is InChI=1S/C21H33NO4/c1-3-4-5-6-7-8-9-10-11-12-17-26-20-14-13-19(15-16-22(23)24)18-21(20)25-2/h13-16,18H,3-12,17H2,1-2H3. The van der Waals surface area contributed by atoms with E-state index in [1.54, 1.807) is 25.3 Å². The van der Waals surface area contributed by atoms with Crippen molar-refractivity contribution < 1.29 is 14.4 Å². The fourth-order valence-corrected chi connectivity index (χ4v) is 2.83. The number of hydrogen-bond donors (Lipinski definition) is 0. The van der Waals surface area contributed by atoms with Crippen molar-refractivity contribution in [1.29, 1.82) is 0 Å². The average Bonchev–Trinajstić information content (AvgIpc) is 2.64. The van der Waals surface area contributed by atoms with Crippen LogP contribution in [0.15, 0.2) is 24.4 Å². The highest BCUT2D eigenvalue weighted by molar-refractivity contribution is 5.55. The maximum atomic E-state index is 10.4. The molecule has 0 saturated heterocycles. The summed E-state index contributed by atoms with van der Waals surface area (Å²) < 4.78 is 11.1. The van der Waals surface area contributed by atoms with Gasteiger partial charge in [0.1, 0.15) is 0 Å². The van der Waals surface area contributed by atoms with Crippen molar-refractivity contribution >= 4 is 6.08 Å². The number of hydrogen-bond acceptors (Lipinski definition) is 4. The van der Waals surface area contributed by atoms with Crippen LogP contribution in [0.4, 0.5) is 0 Å². The summed E-state index contributed by atoms with van der Waals surface area (Å²) >= 11 is 0. The van der Waals surface area contributed by atoms with Crippen molar-refractivity contribution in [2.24, 2.45) is 0 Å². The van der Waals surface area contributed by atoms with E-state index < -0.39 is 4.92 Å². The Balaban J connectivity index is 2.19. The first-order chi connectivity index (χ1) is 12.7. The van der Waals surface area contributed by atoms with Gasteiger partial charge in [-0.05, 0) is 24.1 Å². The highest BCUT2D eigenvalue weighted by Crippen LogP contribution is 2.28. The van der Waals surface area contributed by atoms with Gasteiger partial charge in [-0.3, -0.25) is 10.1 Å². The Morgan fingerprint density at radius 2 is 1.58 bits per heavy atom. The minimum Gasteiger partial charge on any atom is -0.493 e. The first kappa shape index (κ1) is 22.0. The second-order valence-corrected chi connectivity index (χ2v) is 6.54. The van der Waals surface area contributed by atoms with Gasteiger partial charge in [0.2, 0.25) is 6.20 Å². The molecular formula is C21H33NO4. The molecule has 0 atom stereocenters. The van der Waals surface area contributed by atoms with Gasteiger partial charge >= 0.3 is 0 Å². The molecule has 0 N–H and O–H groups in total. The lowest BCUT2D eigenvalue weighted by atomic mass is 10.1. The predicted octanol–water partition coefficient (Wildman–Crippen LogP) is 6.24. The molecule has 0 aliphatic heterocycles. The molecular weight excluding hydrogens is 330 g/mol. The maximum absolute atomic E-state index is 10.4. The first-order valence-corrected chi connectivity index (χ1v) is 9.80. The Morgan fingerprint density at radius 1 is 0.962 bits per heavy atom. The Morgan fingerprint density at radius 3 is 2.15 bits per heavy atom. The second-order valence-electron chi connectivity index (χ2n) is 6.54. The van der Waals surface area contributed by atoms with Crippen LogP contribution < -0.4 is 9.47 Å². The van der Waals surface area contributed by atoms with E-state index in [1.165, 1.54) is 63.9 Å². The van der Waals surface area contributed by atoms with Crippen LogP contribution in [0.2, 0.25) is 0 Å². The van der Waals surface area contributed by atoms with Crippen LogP contribution in [0.1, 0.15) is 76.7 Å². The summed E-state index contributed by atoms with van der Waals surface area (Å²) in [5, 5.41) is 10.4. The molecule has 26 heavy (non-hydrogen) atoms. The molecule has 5 heteroatoms. The van der Waals surface area contributed by atoms with E-state index in [2.05, 4.69) is 6.92 Å². The molecule has 0 saturated carbocycles. The molecule has 146 valence electrons. The van der Waals surface area contributed by atoms with Crippen molar-refractivity contribution in [2.75, 3.05) is 13.7 Å². The highest BCUT2D eigenvalue weighted by Gasteiger charge is 2.05. The Bertz CT molecular complexity index is 543. The van der Waals surface area contributed by atoms with Gasteiger partial charge in [0.05, 0.1) is 18.6 Å². The van der Waals surface area contributed by atoms with Crippen LogP contribution in [0.25, 0.3) is 6.08 Å². The van der Waals surface area contributed by atoms with Gasteiger partial charge in [-0.2, -0.15) is 0 Å². The maximum Gasteiger partial charge on any atom is 0.235 e. The van der Waals surface area contributed by atoms with Gasteiger partial charge in [-0.25, -0.2) is 0 Å². The van der Waals surface area contributed by atoms with Crippen LogP contribution in [-0.2, 0) is 0 Å². The summed E-state index contributed by atoms with van der Waals surface area (Å²) in [5.74, 6) is 1.28. The van der Waals surface area contributed by atoms with E-state index in [1.807, 2.05) is 0 Å². The van der Waals surface area contributed by atoms with E-state index in [0.29, 0.717) is 23.7 Å². The summed E-state index contributed by atoms with van der Waals surface area (Å²) in [7, 11) is 1.57. The Kier molecular flexibility index (Phi) is 12.0. The Labute approximate surface area is 157 Å². The monoisotopic (exact) mass is 363 g/mol. The number of nitro groups is 1. The molecule has 0 aliphatic carbocycles. The largest absolute Gasteiger partial charge is 0.493 e. The van der Waals surface area contributed by atoms with Gasteiger partial charge in [-0.15, -0.1) is 0 Å². The molecule has 1 rings (SSSR count). The Hall–Kier alpha value is -2.04. The summed E-state index contributed by atoms with van der Waals surface area (Å²) in [5.41, 5.74) is 0.713. The van der Waals surface area contributed by atoms with Crippen molar-refractivity contribution in [3.8, 4) is 11.5 Å². The van der Waals surface area contributed by atoms with Gasteiger partial charge in [0, 0.05) is 6.08 Å². The van der Waals surface area contributed by atoms with Crippen LogP contribution in [-0.4, -0.2) is 18.6 Å². The second kappa shape index (κ2) is 14.2. The molecule has 0 radical (unpaired) electrons. The third-order valence-corrected chi connectivity index (χ3v) is 4.33. The van der Waals surface area contributed by atoms with Gasteiger partial charge in [0.15, 0.2) is 11.5 Å². The molecule has 0 fully saturated rings. The zero-order valence-electron chi connectivity index (χ0n) is 16.2. The normalized spacial score (nSPS) is 11.0. The van der Waals surface area contributed by atoms with Crippen molar-refractivity contribution in [1.82, 2.24) is 0 Å². The number of methoxy groups -OCH3 is 1. The minimum absolute atomic E-state index is 0.484. The van der Waals surface area contributed by atoms with Crippen molar-refractivity contribution in [3.05, 3.63) is 40.1 Å². The van der Waals surface area contributed by atoms with Crippen LogP contribution >= 0.6 is 0 Å². The molecule has 0 bridgehead atoms. The molecule has 1 aromatic carbocycles. The van der Waals surface area contributed by atoms with Crippen LogP contribution in [0.3, 0.4) is 0 Å². The molecule has 0 spiro atoms. The quantitative estimate of drug-likeness (QED) is 0.210. The molecule has 0 unspecified atom stereocenters. The highest BCUT2D eigenvalue weighted by atomic mass is 16.6. The number of rotatable bonds is 15. The molecule has 1 aromatic rings. The average molecular weight is 363 g/mol. The van der Waals surface area contributed by atoms with Crippen LogP contribution in [0, 0.1) is 10.1 Å². The fourth-order valence-electron chi connectivity index (χ4n) is 2.83. The first-order valence-electron chi connectivity index (χ1n) is 9.80. The summed E-state index contributed by atoms with van der Waals surface area (Å²) in [6, 6.07) is 5.33. The zero-order chi connectivity index (χ0) is 19.0. The third kappa shape index (κ3) is 10.1. The molecule has 0 amide bonds. The SMILES string of the molecule is CCCCCCCCCCCCOc1ccc(C=C[N+](=O)[O-])cc1OC. The zero-order valence-corrected chi connectivity index (χ0v) is 16.2. The number of ether oxygens (including phenoxy) is 2. The van der Waals surface area contributed by atoms with Gasteiger partial charge < -0.3 is 9.47 Å². The van der Waals surface area contributed by atoms with E-state index in [0.717, 1.165) is 12.6 Å². The van der Waals surface area contributed by atoms with E-state index >= 15 is 0 Å². The molecule has 0 aromatic heterocycles. The summed E-state index contributed by atoms with van der Waals surface area (Å²) in [6.45, 7) is 2.91. The lowest BCUT2D eigenvalue weighted by Crippen LogP contribution is -1.99. The van der Waals surface area contributed by atoms with E-state index in [9.17, 15) is 10.1 Å². The molecule has 0 aliphatic rings. The topological polar surface area (TPSA) is 61.6 Å². The van der Waals surface area contributed by atoms with E-state index in [-0.39, 0.29) is 0 Å². The van der Waals surface area contributed by atoms with Crippen molar-refractivity contribution in [3.63, 3.8) is 0 Å². The van der Waals surface area contributed by atoms with Crippen LogP contribution in [0.5, 0.6) is 11.5 Å². The van der Waals surface area contributed by atoms with Gasteiger partial charge in [0.25, 0.3) is 0 Å². The molecule has 0 heterocycles. The lowest BCUT2D eigenvalue weighted by Gasteiger charge is -2.11.